The fourth-order valence-corrected chi connectivity index (χ4v) is 2.69. The van der Waals surface area contributed by atoms with Gasteiger partial charge in [0, 0.05) is 24.7 Å². The summed E-state index contributed by atoms with van der Waals surface area (Å²) in [5.74, 6) is -3.93. The van der Waals surface area contributed by atoms with Crippen molar-refractivity contribution in [3.63, 3.8) is 0 Å². The second-order valence-electron chi connectivity index (χ2n) is 5.40. The van der Waals surface area contributed by atoms with E-state index in [1.807, 2.05) is 20.8 Å². The molecule has 0 amide bonds. The monoisotopic (exact) mass is 284 g/mol. The van der Waals surface area contributed by atoms with Crippen LogP contribution >= 0.6 is 0 Å². The van der Waals surface area contributed by atoms with Gasteiger partial charge in [-0.3, -0.25) is 4.90 Å². The first-order chi connectivity index (χ1) is 8.80. The van der Waals surface area contributed by atoms with Crippen molar-refractivity contribution >= 4 is 0 Å². The summed E-state index contributed by atoms with van der Waals surface area (Å²) in [7, 11) is 0. The van der Waals surface area contributed by atoms with Crippen molar-refractivity contribution in [2.45, 2.75) is 64.0 Å². The van der Waals surface area contributed by atoms with Gasteiger partial charge in [-0.05, 0) is 19.3 Å². The first kappa shape index (κ1) is 16.7. The van der Waals surface area contributed by atoms with Crippen LogP contribution < -0.4 is 5.32 Å². The van der Waals surface area contributed by atoms with Crippen LogP contribution in [0.2, 0.25) is 0 Å². The minimum Gasteiger partial charge on any atom is -0.308 e. The Morgan fingerprint density at radius 1 is 1.26 bits per heavy atom. The number of rotatable bonds is 6. The minimum atomic E-state index is -3.93. The molecule has 0 saturated carbocycles. The summed E-state index contributed by atoms with van der Waals surface area (Å²) in [4.78, 5) is 1.54. The molecule has 6 heteroatoms. The quantitative estimate of drug-likeness (QED) is 0.754. The van der Waals surface area contributed by atoms with E-state index in [1.165, 1.54) is 4.90 Å². The number of nitrogens with one attached hydrogen (secondary N) is 1. The number of hydrogen-bond acceptors (Lipinski definition) is 2. The molecule has 1 heterocycles. The van der Waals surface area contributed by atoms with Crippen molar-refractivity contribution in [1.29, 1.82) is 0 Å². The normalized spacial score (nSPS) is 24.9. The van der Waals surface area contributed by atoms with Crippen molar-refractivity contribution < 1.29 is 17.6 Å². The molecule has 1 N–H and O–H groups in total. The van der Waals surface area contributed by atoms with E-state index in [0.29, 0.717) is 19.5 Å². The van der Waals surface area contributed by atoms with Crippen LogP contribution in [-0.4, -0.2) is 48.5 Å². The smallest absolute Gasteiger partial charge is 0.308 e. The van der Waals surface area contributed by atoms with Gasteiger partial charge in [0.25, 0.3) is 0 Å². The number of piperazine rings is 1. The topological polar surface area (TPSA) is 15.3 Å². The highest BCUT2D eigenvalue weighted by atomic mass is 19.3. The summed E-state index contributed by atoms with van der Waals surface area (Å²) in [6, 6.07) is -0.101. The Morgan fingerprint density at radius 3 is 2.26 bits per heavy atom. The summed E-state index contributed by atoms with van der Waals surface area (Å²) < 4.78 is 51.3. The van der Waals surface area contributed by atoms with Crippen LogP contribution in [0, 0.1) is 0 Å². The Kier molecular flexibility index (Phi) is 5.62. The van der Waals surface area contributed by atoms with Crippen LogP contribution in [0.5, 0.6) is 0 Å². The first-order valence-corrected chi connectivity index (χ1v) is 6.95. The molecule has 114 valence electrons. The molecule has 1 atom stereocenters. The molecular weight excluding hydrogens is 260 g/mol. The van der Waals surface area contributed by atoms with Gasteiger partial charge in [0.2, 0.25) is 0 Å². The van der Waals surface area contributed by atoms with Crippen LogP contribution in [0.1, 0.15) is 40.0 Å². The van der Waals surface area contributed by atoms with E-state index in [9.17, 15) is 17.6 Å². The Morgan fingerprint density at radius 2 is 1.84 bits per heavy atom. The van der Waals surface area contributed by atoms with Crippen LogP contribution in [0.3, 0.4) is 0 Å². The summed E-state index contributed by atoms with van der Waals surface area (Å²) in [6.45, 7) is 6.01. The Balaban J connectivity index is 2.81. The van der Waals surface area contributed by atoms with E-state index in [0.717, 1.165) is 12.8 Å². The van der Waals surface area contributed by atoms with Gasteiger partial charge in [0.05, 0.1) is 6.54 Å². The van der Waals surface area contributed by atoms with Gasteiger partial charge in [-0.1, -0.05) is 20.8 Å². The lowest BCUT2D eigenvalue weighted by Crippen LogP contribution is -2.65. The fourth-order valence-electron chi connectivity index (χ4n) is 2.69. The summed E-state index contributed by atoms with van der Waals surface area (Å²) in [6.07, 6.45) is -1.32. The average Bonchev–Trinajstić information content (AvgIpc) is 2.38. The highest BCUT2D eigenvalue weighted by Crippen LogP contribution is 2.29. The van der Waals surface area contributed by atoms with Crippen molar-refractivity contribution in [1.82, 2.24) is 10.2 Å². The second kappa shape index (κ2) is 6.39. The summed E-state index contributed by atoms with van der Waals surface area (Å²) in [5, 5.41) is 3.40. The molecule has 0 bridgehead atoms. The van der Waals surface area contributed by atoms with Gasteiger partial charge in [0.1, 0.15) is 0 Å². The largest absolute Gasteiger partial charge is 0.319 e. The Bertz CT molecular complexity index is 278. The maximum atomic E-state index is 13.3. The number of halogens is 4. The lowest BCUT2D eigenvalue weighted by molar-refractivity contribution is -0.151. The fraction of sp³-hybridized carbons (Fsp3) is 1.00. The molecule has 1 aliphatic heterocycles. The molecule has 1 saturated heterocycles. The molecule has 0 aliphatic carbocycles. The van der Waals surface area contributed by atoms with Crippen molar-refractivity contribution in [3.05, 3.63) is 0 Å². The van der Waals surface area contributed by atoms with Crippen LogP contribution in [-0.2, 0) is 0 Å². The molecule has 0 aromatic carbocycles. The molecule has 1 unspecified atom stereocenters. The maximum absolute atomic E-state index is 13.3. The van der Waals surface area contributed by atoms with Gasteiger partial charge in [-0.15, -0.1) is 0 Å². The second-order valence-corrected chi connectivity index (χ2v) is 5.40. The molecule has 1 rings (SSSR count). The van der Waals surface area contributed by atoms with Gasteiger partial charge in [-0.25, -0.2) is 8.78 Å². The number of hydrogen-bond donors (Lipinski definition) is 1. The van der Waals surface area contributed by atoms with Crippen molar-refractivity contribution in [2.24, 2.45) is 0 Å². The van der Waals surface area contributed by atoms with E-state index in [1.54, 1.807) is 0 Å². The highest BCUT2D eigenvalue weighted by molar-refractivity contribution is 4.97. The van der Waals surface area contributed by atoms with Gasteiger partial charge < -0.3 is 5.32 Å². The zero-order valence-corrected chi connectivity index (χ0v) is 11.9. The average molecular weight is 284 g/mol. The molecule has 0 aromatic rings. The Labute approximate surface area is 112 Å². The van der Waals surface area contributed by atoms with Crippen LogP contribution in [0.25, 0.3) is 0 Å². The van der Waals surface area contributed by atoms with Gasteiger partial charge in [0.15, 0.2) is 0 Å². The van der Waals surface area contributed by atoms with E-state index in [4.69, 9.17) is 0 Å². The van der Waals surface area contributed by atoms with Crippen LogP contribution in [0.15, 0.2) is 0 Å². The zero-order valence-electron chi connectivity index (χ0n) is 11.9. The van der Waals surface area contributed by atoms with Gasteiger partial charge in [-0.2, -0.15) is 8.78 Å². The highest BCUT2D eigenvalue weighted by Gasteiger charge is 2.46. The Hall–Kier alpha value is -0.360. The van der Waals surface area contributed by atoms with E-state index in [-0.39, 0.29) is 11.6 Å². The lowest BCUT2D eigenvalue weighted by atomic mass is 9.88. The van der Waals surface area contributed by atoms with Gasteiger partial charge >= 0.3 is 12.3 Å². The maximum Gasteiger partial charge on any atom is 0.319 e. The zero-order chi connectivity index (χ0) is 14.7. The predicted molar refractivity (Wildman–Crippen MR) is 67.9 cm³/mol. The first-order valence-electron chi connectivity index (χ1n) is 6.95. The molecular formula is C13H24F4N2. The SMILES string of the molecule is CCC1CNC(CC)(CC)CN1CC(F)(F)C(F)F. The standard InChI is InChI=1S/C13H24F4N2/c1-4-10-7-18-12(5-2,6-3)8-19(10)9-13(16,17)11(14)15/h10-11,18H,4-9H2,1-3H3. The van der Waals surface area contributed by atoms with E-state index in [2.05, 4.69) is 5.32 Å². The minimum absolute atomic E-state index is 0.101. The summed E-state index contributed by atoms with van der Waals surface area (Å²) >= 11 is 0. The number of alkyl halides is 4. The van der Waals surface area contributed by atoms with Crippen molar-refractivity contribution in [2.75, 3.05) is 19.6 Å². The summed E-state index contributed by atoms with van der Waals surface area (Å²) in [5.41, 5.74) is -0.232. The molecule has 1 aliphatic rings. The molecule has 0 radical (unpaired) electrons. The molecule has 2 nitrogen and oxygen atoms in total. The molecule has 19 heavy (non-hydrogen) atoms. The van der Waals surface area contributed by atoms with Crippen molar-refractivity contribution in [3.8, 4) is 0 Å². The molecule has 0 spiro atoms. The third-order valence-electron chi connectivity index (χ3n) is 4.29. The molecule has 1 fully saturated rings. The lowest BCUT2D eigenvalue weighted by Gasteiger charge is -2.48. The third-order valence-corrected chi connectivity index (χ3v) is 4.29. The molecule has 0 aromatic heterocycles. The van der Waals surface area contributed by atoms with E-state index >= 15 is 0 Å². The predicted octanol–water partition coefficient (Wildman–Crippen LogP) is 3.13. The van der Waals surface area contributed by atoms with E-state index < -0.39 is 18.9 Å². The number of nitrogens with zero attached hydrogens (tertiary/aromatic N) is 1. The van der Waals surface area contributed by atoms with Crippen LogP contribution in [0.4, 0.5) is 17.6 Å². The third kappa shape index (κ3) is 3.81.